The highest BCUT2D eigenvalue weighted by molar-refractivity contribution is 6.40. The first-order valence-electron chi connectivity index (χ1n) is 7.21. The van der Waals surface area contributed by atoms with Gasteiger partial charge >= 0.3 is 13.3 Å². The summed E-state index contributed by atoms with van der Waals surface area (Å²) in [6, 6.07) is 4.62. The monoisotopic (exact) mass is 319 g/mol. The van der Waals surface area contributed by atoms with Gasteiger partial charge in [0.2, 0.25) is 0 Å². The van der Waals surface area contributed by atoms with E-state index >= 15 is 0 Å². The smallest absolute Gasteiger partial charge is 0.451 e. The molecule has 0 amide bonds. The van der Waals surface area contributed by atoms with E-state index < -0.39 is 18.9 Å². The van der Waals surface area contributed by atoms with Crippen molar-refractivity contribution in [1.82, 2.24) is 0 Å². The van der Waals surface area contributed by atoms with E-state index in [4.69, 9.17) is 20.5 Å². The number of ether oxygens (including phenoxy) is 1. The molecule has 0 aliphatic rings. The van der Waals surface area contributed by atoms with Crippen LogP contribution in [0, 0.1) is 0 Å². The van der Waals surface area contributed by atoms with Crippen molar-refractivity contribution in [2.24, 2.45) is 5.73 Å². The first kappa shape index (κ1) is 18.8. The predicted octanol–water partition coefficient (Wildman–Crippen LogP) is 2.44. The molecule has 0 bridgehead atoms. The van der Waals surface area contributed by atoms with Crippen LogP contribution < -0.4 is 10.5 Å². The Balaban J connectivity index is 2.26. The summed E-state index contributed by atoms with van der Waals surface area (Å²) in [7, 11) is -1.29. The Labute approximate surface area is 128 Å². The van der Waals surface area contributed by atoms with E-state index in [1.807, 2.05) is 0 Å². The maximum atomic E-state index is 12.5. The lowest BCUT2D eigenvalue weighted by atomic mass is 9.83. The van der Waals surface area contributed by atoms with Gasteiger partial charge in [0.05, 0.1) is 12.2 Å². The molecule has 0 heterocycles. The van der Waals surface area contributed by atoms with Crippen LogP contribution in [-0.4, -0.2) is 29.8 Å². The third kappa shape index (κ3) is 7.67. The number of hydrogen-bond acceptors (Lipinski definition) is 4. The van der Waals surface area contributed by atoms with Gasteiger partial charge in [-0.3, -0.25) is 0 Å². The molecule has 1 rings (SSSR count). The molecule has 0 aliphatic carbocycles. The Hall–Kier alpha value is -1.25. The maximum Gasteiger partial charge on any atom is 0.451 e. The van der Waals surface area contributed by atoms with E-state index in [0.717, 1.165) is 18.6 Å². The highest BCUT2D eigenvalue weighted by atomic mass is 19.4. The van der Waals surface area contributed by atoms with Crippen molar-refractivity contribution in [3.05, 3.63) is 29.8 Å². The number of rotatable bonds is 9. The van der Waals surface area contributed by atoms with Crippen LogP contribution in [0.4, 0.5) is 13.2 Å². The third-order valence-electron chi connectivity index (χ3n) is 3.21. The minimum absolute atomic E-state index is 0.123. The zero-order valence-corrected chi connectivity index (χ0v) is 12.2. The summed E-state index contributed by atoms with van der Waals surface area (Å²) in [5.41, 5.74) is 5.13. The summed E-state index contributed by atoms with van der Waals surface area (Å²) < 4.78 is 42.9. The highest BCUT2D eigenvalue weighted by Crippen LogP contribution is 2.31. The van der Waals surface area contributed by atoms with E-state index in [-0.39, 0.29) is 18.4 Å². The van der Waals surface area contributed by atoms with Crippen molar-refractivity contribution in [1.29, 1.82) is 0 Å². The van der Waals surface area contributed by atoms with Gasteiger partial charge in [-0.15, -0.1) is 0 Å². The summed E-state index contributed by atoms with van der Waals surface area (Å²) in [6.45, 7) is 0.241. The van der Waals surface area contributed by atoms with Crippen molar-refractivity contribution < 1.29 is 28.0 Å². The molecule has 1 aromatic rings. The molecule has 0 aliphatic heterocycles. The molecule has 0 saturated carbocycles. The minimum atomic E-state index is -4.38. The number of benzene rings is 1. The first-order valence-corrected chi connectivity index (χ1v) is 7.21. The van der Waals surface area contributed by atoms with Crippen molar-refractivity contribution in [2.75, 3.05) is 6.61 Å². The van der Waals surface area contributed by atoms with Crippen molar-refractivity contribution in [2.45, 2.75) is 44.2 Å². The number of hydrogen-bond donors (Lipinski definition) is 3. The second kappa shape index (κ2) is 9.02. The predicted molar refractivity (Wildman–Crippen MR) is 78.4 cm³/mol. The van der Waals surface area contributed by atoms with E-state index in [2.05, 4.69) is 0 Å². The van der Waals surface area contributed by atoms with E-state index in [9.17, 15) is 13.2 Å². The second-order valence-electron chi connectivity index (χ2n) is 5.19. The fourth-order valence-electron chi connectivity index (χ4n) is 1.97. The number of nitrogens with two attached hydrogens (primary N) is 1. The fourth-order valence-corrected chi connectivity index (χ4v) is 1.97. The molecule has 0 spiro atoms. The van der Waals surface area contributed by atoms with Crippen molar-refractivity contribution >= 4 is 7.12 Å². The standard InChI is InChI=1S/C14H21BF3NO3/c16-14(17,18)11-4-3-6-13(10-11)22-9-7-12(19)5-1-2-8-15(20)21/h3-4,6,10,12,20-21H,1-2,5,7-9,19H2. The van der Waals surface area contributed by atoms with Crippen LogP contribution in [-0.2, 0) is 6.18 Å². The Morgan fingerprint density at radius 1 is 1.18 bits per heavy atom. The zero-order chi connectivity index (χ0) is 16.6. The zero-order valence-electron chi connectivity index (χ0n) is 12.2. The van der Waals surface area contributed by atoms with E-state index in [0.29, 0.717) is 25.6 Å². The van der Waals surface area contributed by atoms with Crippen molar-refractivity contribution in [3.63, 3.8) is 0 Å². The molecule has 8 heteroatoms. The largest absolute Gasteiger partial charge is 0.494 e. The lowest BCUT2D eigenvalue weighted by Crippen LogP contribution is -2.23. The second-order valence-corrected chi connectivity index (χ2v) is 5.19. The van der Waals surface area contributed by atoms with Gasteiger partial charge in [0.1, 0.15) is 5.75 Å². The van der Waals surface area contributed by atoms with Crippen LogP contribution in [0.3, 0.4) is 0 Å². The molecule has 0 saturated heterocycles. The molecule has 1 unspecified atom stereocenters. The van der Waals surface area contributed by atoms with Gasteiger partial charge in [-0.25, -0.2) is 0 Å². The molecule has 4 N–H and O–H groups in total. The molecule has 0 radical (unpaired) electrons. The van der Waals surface area contributed by atoms with Gasteiger partial charge in [-0.1, -0.05) is 18.9 Å². The quantitative estimate of drug-likeness (QED) is 0.483. The molecular formula is C14H21BF3NO3. The van der Waals surface area contributed by atoms with Crippen LogP contribution in [0.2, 0.25) is 6.32 Å². The van der Waals surface area contributed by atoms with Gasteiger partial charge in [0.25, 0.3) is 0 Å². The van der Waals surface area contributed by atoms with E-state index in [1.54, 1.807) is 0 Å². The maximum absolute atomic E-state index is 12.5. The Morgan fingerprint density at radius 2 is 1.91 bits per heavy atom. The van der Waals surface area contributed by atoms with Gasteiger partial charge < -0.3 is 20.5 Å². The molecular weight excluding hydrogens is 298 g/mol. The van der Waals surface area contributed by atoms with Gasteiger partial charge in [0, 0.05) is 6.04 Å². The van der Waals surface area contributed by atoms with E-state index in [1.165, 1.54) is 12.1 Å². The average molecular weight is 319 g/mol. The molecule has 22 heavy (non-hydrogen) atoms. The molecule has 4 nitrogen and oxygen atoms in total. The van der Waals surface area contributed by atoms with Crippen LogP contribution in [0.5, 0.6) is 5.75 Å². The summed E-state index contributed by atoms with van der Waals surface area (Å²) in [5, 5.41) is 17.4. The van der Waals surface area contributed by atoms with Crippen LogP contribution in [0.25, 0.3) is 0 Å². The summed E-state index contributed by atoms with van der Waals surface area (Å²) in [6.07, 6.45) is -1.40. The number of halogens is 3. The molecule has 124 valence electrons. The van der Waals surface area contributed by atoms with Crippen LogP contribution in [0.1, 0.15) is 31.2 Å². The molecule has 0 fully saturated rings. The van der Waals surface area contributed by atoms with Gasteiger partial charge in [-0.2, -0.15) is 13.2 Å². The molecule has 0 aromatic heterocycles. The van der Waals surface area contributed by atoms with Crippen molar-refractivity contribution in [3.8, 4) is 5.75 Å². The minimum Gasteiger partial charge on any atom is -0.494 e. The normalized spacial score (nSPS) is 13.0. The first-order chi connectivity index (χ1) is 10.3. The molecule has 1 atom stereocenters. The number of unbranched alkanes of at least 4 members (excludes halogenated alkanes) is 1. The van der Waals surface area contributed by atoms with Crippen LogP contribution in [0.15, 0.2) is 24.3 Å². The highest BCUT2D eigenvalue weighted by Gasteiger charge is 2.30. The topological polar surface area (TPSA) is 75.7 Å². The Morgan fingerprint density at radius 3 is 2.55 bits per heavy atom. The molecule has 1 aromatic carbocycles. The SMILES string of the molecule is NC(CCCCB(O)O)CCOc1cccc(C(F)(F)F)c1. The summed E-state index contributed by atoms with van der Waals surface area (Å²) in [4.78, 5) is 0. The van der Waals surface area contributed by atoms with Gasteiger partial charge in [-0.05, 0) is 37.4 Å². The number of alkyl halides is 3. The summed E-state index contributed by atoms with van der Waals surface area (Å²) >= 11 is 0. The van der Waals surface area contributed by atoms with Crippen LogP contribution >= 0.6 is 0 Å². The lowest BCUT2D eigenvalue weighted by Gasteiger charge is -2.13. The fraction of sp³-hybridized carbons (Fsp3) is 0.571. The lowest BCUT2D eigenvalue weighted by molar-refractivity contribution is -0.137. The summed E-state index contributed by atoms with van der Waals surface area (Å²) in [5.74, 6) is 0.172. The Kier molecular flexibility index (Phi) is 7.71. The average Bonchev–Trinajstić information content (AvgIpc) is 2.43. The third-order valence-corrected chi connectivity index (χ3v) is 3.21. The van der Waals surface area contributed by atoms with Gasteiger partial charge in [0.15, 0.2) is 0 Å². The Bertz CT molecular complexity index is 444.